The van der Waals surface area contributed by atoms with E-state index in [1.165, 1.54) is 0 Å². The molecule has 27 heavy (non-hydrogen) atoms. The molecule has 1 amide bonds. The van der Waals surface area contributed by atoms with Crippen LogP contribution in [0.1, 0.15) is 34.9 Å². The zero-order valence-electron chi connectivity index (χ0n) is 14.4. The quantitative estimate of drug-likeness (QED) is 0.697. The third kappa shape index (κ3) is 3.04. The lowest BCUT2D eigenvalue weighted by Gasteiger charge is -2.37. The van der Waals surface area contributed by atoms with E-state index in [0.717, 1.165) is 29.1 Å². The van der Waals surface area contributed by atoms with Gasteiger partial charge in [0.25, 0.3) is 11.8 Å². The maximum absolute atomic E-state index is 13.1. The summed E-state index contributed by atoms with van der Waals surface area (Å²) in [6, 6.07) is 9.85. The van der Waals surface area contributed by atoms with E-state index in [1.807, 2.05) is 29.2 Å². The minimum absolute atomic E-state index is 0.0726. The van der Waals surface area contributed by atoms with Gasteiger partial charge in [-0.3, -0.25) is 4.79 Å². The van der Waals surface area contributed by atoms with Crippen molar-refractivity contribution in [3.63, 3.8) is 0 Å². The minimum atomic E-state index is 0.0726. The number of piperidine rings is 1. The number of thioether (sulfide) groups is 1. The summed E-state index contributed by atoms with van der Waals surface area (Å²) in [5, 5.41) is 4.76. The molecule has 0 bridgehead atoms. The van der Waals surface area contributed by atoms with Gasteiger partial charge in [0, 0.05) is 35.3 Å². The zero-order chi connectivity index (χ0) is 18.4. The van der Waals surface area contributed by atoms with Gasteiger partial charge in [-0.25, -0.2) is 0 Å². The lowest BCUT2D eigenvalue weighted by Crippen LogP contribution is -2.46. The molecular formula is C19H17ClN4O2S. The Morgan fingerprint density at radius 1 is 1.30 bits per heavy atom. The molecule has 0 unspecified atom stereocenters. The molecule has 2 aliphatic rings. The van der Waals surface area contributed by atoms with Crippen LogP contribution in [0.15, 0.2) is 45.9 Å². The second kappa shape index (κ2) is 6.73. The first-order valence-electron chi connectivity index (χ1n) is 8.90. The van der Waals surface area contributed by atoms with E-state index in [0.29, 0.717) is 29.0 Å². The van der Waals surface area contributed by atoms with Gasteiger partial charge in [-0.15, -0.1) is 11.8 Å². The van der Waals surface area contributed by atoms with Crippen molar-refractivity contribution in [1.29, 1.82) is 0 Å². The topological polar surface area (TPSA) is 75.0 Å². The van der Waals surface area contributed by atoms with Gasteiger partial charge in [0.15, 0.2) is 5.82 Å². The fourth-order valence-electron chi connectivity index (χ4n) is 3.77. The predicted octanol–water partition coefficient (Wildman–Crippen LogP) is 4.21. The molecule has 5 rings (SSSR count). The number of amides is 1. The largest absolute Gasteiger partial charge is 0.356 e. The van der Waals surface area contributed by atoms with Crippen molar-refractivity contribution in [3.8, 4) is 11.6 Å². The van der Waals surface area contributed by atoms with Crippen LogP contribution >= 0.6 is 23.4 Å². The number of aromatic amines is 1. The van der Waals surface area contributed by atoms with Crippen molar-refractivity contribution in [2.45, 2.75) is 29.7 Å². The van der Waals surface area contributed by atoms with Crippen LogP contribution in [0.25, 0.3) is 11.6 Å². The van der Waals surface area contributed by atoms with E-state index in [4.69, 9.17) is 16.1 Å². The molecule has 138 valence electrons. The third-order valence-corrected chi connectivity index (χ3v) is 6.64. The number of nitrogens with one attached hydrogen (secondary N) is 1. The van der Waals surface area contributed by atoms with Gasteiger partial charge in [0.1, 0.15) is 5.69 Å². The fourth-order valence-corrected chi connectivity index (χ4v) is 5.14. The molecule has 0 spiro atoms. The molecule has 4 heterocycles. The van der Waals surface area contributed by atoms with E-state index in [1.54, 1.807) is 24.0 Å². The Bertz CT molecular complexity index is 1000. The van der Waals surface area contributed by atoms with Gasteiger partial charge in [-0.1, -0.05) is 28.9 Å². The number of carbonyl (C=O) groups is 1. The molecule has 2 atom stereocenters. The molecule has 1 saturated heterocycles. The van der Waals surface area contributed by atoms with E-state index in [-0.39, 0.29) is 17.9 Å². The van der Waals surface area contributed by atoms with Crippen molar-refractivity contribution in [3.05, 3.63) is 52.9 Å². The SMILES string of the molecule is O=C1c2ccccc2SC[C@@H]2CC[C@H](c3noc(-c4cc(Cl)c[nH]4)n3)CN12. The van der Waals surface area contributed by atoms with Crippen molar-refractivity contribution in [1.82, 2.24) is 20.0 Å². The van der Waals surface area contributed by atoms with E-state index < -0.39 is 0 Å². The number of halogens is 1. The minimum Gasteiger partial charge on any atom is -0.356 e. The molecule has 0 aliphatic carbocycles. The Kier molecular flexibility index (Phi) is 4.21. The highest BCUT2D eigenvalue weighted by Gasteiger charge is 2.37. The van der Waals surface area contributed by atoms with E-state index in [9.17, 15) is 4.79 Å². The van der Waals surface area contributed by atoms with Crippen LogP contribution in [-0.2, 0) is 0 Å². The van der Waals surface area contributed by atoms with Gasteiger partial charge in [0.2, 0.25) is 0 Å². The van der Waals surface area contributed by atoms with Gasteiger partial charge in [-0.2, -0.15) is 4.98 Å². The summed E-state index contributed by atoms with van der Waals surface area (Å²) in [7, 11) is 0. The summed E-state index contributed by atoms with van der Waals surface area (Å²) in [5.41, 5.74) is 1.49. The number of rotatable bonds is 2. The first-order valence-corrected chi connectivity index (χ1v) is 10.3. The number of benzene rings is 1. The van der Waals surface area contributed by atoms with E-state index >= 15 is 0 Å². The smallest absolute Gasteiger partial charge is 0.274 e. The standard InChI is InChI=1S/C19H17ClN4O2S/c20-12-7-15(21-8-12)18-22-17(23-26-18)11-5-6-13-10-27-16-4-2-1-3-14(16)19(25)24(13)9-11/h1-4,7-8,11,13,21H,5-6,9-10H2/t11-,13-/m0/s1. The summed E-state index contributed by atoms with van der Waals surface area (Å²) in [6.07, 6.45) is 3.56. The van der Waals surface area contributed by atoms with Crippen LogP contribution in [0.5, 0.6) is 0 Å². The number of H-pyrrole nitrogens is 1. The van der Waals surface area contributed by atoms with E-state index in [2.05, 4.69) is 15.1 Å². The zero-order valence-corrected chi connectivity index (χ0v) is 16.0. The summed E-state index contributed by atoms with van der Waals surface area (Å²) in [5.74, 6) is 2.16. The normalized spacial score (nSPS) is 22.3. The predicted molar refractivity (Wildman–Crippen MR) is 103 cm³/mol. The first kappa shape index (κ1) is 16.9. The van der Waals surface area contributed by atoms with Crippen molar-refractivity contribution in [2.75, 3.05) is 12.3 Å². The first-order chi connectivity index (χ1) is 13.2. The third-order valence-electron chi connectivity index (χ3n) is 5.20. The Morgan fingerprint density at radius 2 is 2.19 bits per heavy atom. The second-order valence-corrected chi connectivity index (χ2v) is 8.38. The second-order valence-electron chi connectivity index (χ2n) is 6.88. The number of fused-ring (bicyclic) bond motifs is 2. The molecule has 0 saturated carbocycles. The van der Waals surface area contributed by atoms with Crippen molar-refractivity contribution < 1.29 is 9.32 Å². The molecule has 3 aromatic rings. The number of aromatic nitrogens is 3. The van der Waals surface area contributed by atoms with Gasteiger partial charge >= 0.3 is 0 Å². The average Bonchev–Trinajstić information content (AvgIpc) is 3.32. The molecule has 2 aromatic heterocycles. The molecule has 1 fully saturated rings. The Morgan fingerprint density at radius 3 is 3.04 bits per heavy atom. The number of nitrogens with zero attached hydrogens (tertiary/aromatic N) is 3. The lowest BCUT2D eigenvalue weighted by atomic mass is 9.92. The molecule has 1 aromatic carbocycles. The van der Waals surface area contributed by atoms with Gasteiger partial charge < -0.3 is 14.4 Å². The van der Waals surface area contributed by atoms with Crippen LogP contribution < -0.4 is 0 Å². The molecule has 8 heteroatoms. The highest BCUT2D eigenvalue weighted by atomic mass is 35.5. The Balaban J connectivity index is 1.40. The maximum Gasteiger partial charge on any atom is 0.274 e. The summed E-state index contributed by atoms with van der Waals surface area (Å²) < 4.78 is 5.40. The number of hydrogen-bond acceptors (Lipinski definition) is 5. The van der Waals surface area contributed by atoms with Crippen LogP contribution in [-0.4, -0.2) is 44.3 Å². The number of hydrogen-bond donors (Lipinski definition) is 1. The van der Waals surface area contributed by atoms with Crippen LogP contribution in [0.4, 0.5) is 0 Å². The monoisotopic (exact) mass is 400 g/mol. The van der Waals surface area contributed by atoms with Gasteiger partial charge in [0.05, 0.1) is 10.6 Å². The molecule has 1 N–H and O–H groups in total. The Labute approximate surface area is 165 Å². The average molecular weight is 401 g/mol. The maximum atomic E-state index is 13.1. The fraction of sp³-hybridized carbons (Fsp3) is 0.316. The summed E-state index contributed by atoms with van der Waals surface area (Å²) in [4.78, 5) is 23.7. The highest BCUT2D eigenvalue weighted by molar-refractivity contribution is 7.99. The lowest BCUT2D eigenvalue weighted by molar-refractivity contribution is 0.0611. The summed E-state index contributed by atoms with van der Waals surface area (Å²) >= 11 is 7.72. The van der Waals surface area contributed by atoms with Gasteiger partial charge in [-0.05, 0) is 31.0 Å². The van der Waals surface area contributed by atoms with Crippen molar-refractivity contribution in [2.24, 2.45) is 0 Å². The Hall–Kier alpha value is -2.25. The van der Waals surface area contributed by atoms with Crippen molar-refractivity contribution >= 4 is 29.3 Å². The molecule has 0 radical (unpaired) electrons. The molecular weight excluding hydrogens is 384 g/mol. The molecule has 6 nitrogen and oxygen atoms in total. The highest BCUT2D eigenvalue weighted by Crippen LogP contribution is 2.37. The van der Waals surface area contributed by atoms with Crippen LogP contribution in [0.3, 0.4) is 0 Å². The summed E-state index contributed by atoms with van der Waals surface area (Å²) in [6.45, 7) is 0.614. The molecule has 2 aliphatic heterocycles. The van der Waals surface area contributed by atoms with Crippen LogP contribution in [0.2, 0.25) is 5.02 Å². The van der Waals surface area contributed by atoms with Crippen LogP contribution in [0, 0.1) is 0 Å². The number of carbonyl (C=O) groups excluding carboxylic acids is 1.